The summed E-state index contributed by atoms with van der Waals surface area (Å²) in [7, 11) is 2.76. The molecule has 0 aliphatic heterocycles. The molecule has 6 heteroatoms. The van der Waals surface area contributed by atoms with Gasteiger partial charge in [-0.15, -0.1) is 0 Å². The van der Waals surface area contributed by atoms with Gasteiger partial charge in [0.05, 0.1) is 19.8 Å². The molecular formula is C18H18BrF3O2. The van der Waals surface area contributed by atoms with Crippen molar-refractivity contribution in [3.63, 3.8) is 0 Å². The van der Waals surface area contributed by atoms with E-state index >= 15 is 0 Å². The van der Waals surface area contributed by atoms with E-state index in [1.54, 1.807) is 0 Å². The highest BCUT2D eigenvalue weighted by Crippen LogP contribution is 2.44. The summed E-state index contributed by atoms with van der Waals surface area (Å²) in [5.41, 5.74) is 1.54. The predicted octanol–water partition coefficient (Wildman–Crippen LogP) is 6.28. The minimum absolute atomic E-state index is 0.224. The first-order chi connectivity index (χ1) is 11.2. The van der Waals surface area contributed by atoms with Gasteiger partial charge in [0.25, 0.3) is 0 Å². The average molecular weight is 403 g/mol. The summed E-state index contributed by atoms with van der Waals surface area (Å²) in [6.45, 7) is 4.10. The van der Waals surface area contributed by atoms with Gasteiger partial charge in [-0.2, -0.15) is 13.2 Å². The van der Waals surface area contributed by atoms with E-state index in [1.807, 2.05) is 32.0 Å². The Kier molecular flexibility index (Phi) is 5.48. The number of halogens is 4. The SMILES string of the molecule is COc1ccc(C(C)C)cc1-c1cc(OC)c(C(F)(F)F)cc1Br. The average Bonchev–Trinajstić information content (AvgIpc) is 2.53. The Balaban J connectivity index is 2.71. The van der Waals surface area contributed by atoms with Gasteiger partial charge in [-0.1, -0.05) is 35.8 Å². The van der Waals surface area contributed by atoms with Gasteiger partial charge < -0.3 is 9.47 Å². The second-order valence-corrected chi connectivity index (χ2v) is 6.50. The maximum atomic E-state index is 13.1. The van der Waals surface area contributed by atoms with Crippen molar-refractivity contribution in [3.05, 3.63) is 45.9 Å². The van der Waals surface area contributed by atoms with Crippen LogP contribution in [0.1, 0.15) is 30.9 Å². The van der Waals surface area contributed by atoms with E-state index < -0.39 is 11.7 Å². The Bertz CT molecular complexity index is 740. The van der Waals surface area contributed by atoms with Crippen LogP contribution in [0, 0.1) is 0 Å². The van der Waals surface area contributed by atoms with Crippen LogP contribution < -0.4 is 9.47 Å². The summed E-state index contributed by atoms with van der Waals surface area (Å²) in [5, 5.41) is 0. The van der Waals surface area contributed by atoms with Gasteiger partial charge in [0.1, 0.15) is 11.5 Å². The van der Waals surface area contributed by atoms with Gasteiger partial charge in [0.2, 0.25) is 0 Å². The van der Waals surface area contributed by atoms with E-state index in [2.05, 4.69) is 15.9 Å². The molecule has 2 aromatic rings. The predicted molar refractivity (Wildman–Crippen MR) is 91.8 cm³/mol. The Morgan fingerprint density at radius 1 is 0.917 bits per heavy atom. The highest BCUT2D eigenvalue weighted by molar-refractivity contribution is 9.10. The fraction of sp³-hybridized carbons (Fsp3) is 0.333. The molecule has 0 saturated heterocycles. The molecule has 24 heavy (non-hydrogen) atoms. The van der Waals surface area contributed by atoms with Gasteiger partial charge in [-0.05, 0) is 35.7 Å². The summed E-state index contributed by atoms with van der Waals surface area (Å²) in [4.78, 5) is 0. The topological polar surface area (TPSA) is 18.5 Å². The van der Waals surface area contributed by atoms with Crippen molar-refractivity contribution in [2.75, 3.05) is 14.2 Å². The number of rotatable bonds is 4. The van der Waals surface area contributed by atoms with E-state index in [4.69, 9.17) is 9.47 Å². The summed E-state index contributed by atoms with van der Waals surface area (Å²) >= 11 is 3.25. The summed E-state index contributed by atoms with van der Waals surface area (Å²) in [6.07, 6.45) is -4.49. The van der Waals surface area contributed by atoms with Crippen molar-refractivity contribution in [1.82, 2.24) is 0 Å². The molecule has 2 aromatic carbocycles. The molecule has 0 saturated carbocycles. The van der Waals surface area contributed by atoms with E-state index in [1.165, 1.54) is 20.3 Å². The van der Waals surface area contributed by atoms with Gasteiger partial charge in [0.15, 0.2) is 0 Å². The van der Waals surface area contributed by atoms with Crippen LogP contribution in [0.5, 0.6) is 11.5 Å². The number of methoxy groups -OCH3 is 2. The largest absolute Gasteiger partial charge is 0.496 e. The van der Waals surface area contributed by atoms with Crippen LogP contribution in [0.15, 0.2) is 34.8 Å². The van der Waals surface area contributed by atoms with Crippen LogP contribution in [0.25, 0.3) is 11.1 Å². The molecule has 0 aliphatic rings. The number of ether oxygens (including phenoxy) is 2. The molecule has 0 heterocycles. The van der Waals surface area contributed by atoms with E-state index in [0.29, 0.717) is 21.3 Å². The second-order valence-electron chi connectivity index (χ2n) is 5.64. The van der Waals surface area contributed by atoms with Crippen LogP contribution in [0.3, 0.4) is 0 Å². The zero-order valence-corrected chi connectivity index (χ0v) is 15.4. The number of hydrogen-bond acceptors (Lipinski definition) is 2. The third kappa shape index (κ3) is 3.69. The van der Waals surface area contributed by atoms with Crippen LogP contribution >= 0.6 is 15.9 Å². The second kappa shape index (κ2) is 7.05. The van der Waals surface area contributed by atoms with E-state index in [0.717, 1.165) is 11.6 Å². The maximum absolute atomic E-state index is 13.1. The lowest BCUT2D eigenvalue weighted by Crippen LogP contribution is -2.08. The fourth-order valence-electron chi connectivity index (χ4n) is 2.45. The molecule has 2 rings (SSSR count). The van der Waals surface area contributed by atoms with Crippen molar-refractivity contribution in [1.29, 1.82) is 0 Å². The van der Waals surface area contributed by atoms with E-state index in [-0.39, 0.29) is 11.7 Å². The highest BCUT2D eigenvalue weighted by Gasteiger charge is 2.35. The van der Waals surface area contributed by atoms with Crippen molar-refractivity contribution < 1.29 is 22.6 Å². The molecule has 0 atom stereocenters. The van der Waals surface area contributed by atoms with Gasteiger partial charge >= 0.3 is 6.18 Å². The van der Waals surface area contributed by atoms with Crippen LogP contribution in [-0.2, 0) is 6.18 Å². The molecule has 0 aliphatic carbocycles. The minimum Gasteiger partial charge on any atom is -0.496 e. The normalized spacial score (nSPS) is 11.7. The molecular weight excluding hydrogens is 385 g/mol. The molecule has 130 valence electrons. The standard InChI is InChI=1S/C18H18BrF3O2/c1-10(2)11-5-6-16(23-3)13(7-11)12-8-17(24-4)14(9-15(12)19)18(20,21)22/h5-10H,1-4H3. The maximum Gasteiger partial charge on any atom is 0.420 e. The Morgan fingerprint density at radius 2 is 1.54 bits per heavy atom. The van der Waals surface area contributed by atoms with Gasteiger partial charge in [0, 0.05) is 15.6 Å². The lowest BCUT2D eigenvalue weighted by atomic mass is 9.95. The highest BCUT2D eigenvalue weighted by atomic mass is 79.9. The third-order valence-electron chi connectivity index (χ3n) is 3.77. The molecule has 0 spiro atoms. The van der Waals surface area contributed by atoms with E-state index in [9.17, 15) is 13.2 Å². The van der Waals surface area contributed by atoms with Gasteiger partial charge in [-0.25, -0.2) is 0 Å². The first-order valence-corrected chi connectivity index (χ1v) is 8.11. The quantitative estimate of drug-likeness (QED) is 0.599. The lowest BCUT2D eigenvalue weighted by molar-refractivity contribution is -0.138. The summed E-state index contributed by atoms with van der Waals surface area (Å²) in [5.74, 6) is 0.643. The third-order valence-corrected chi connectivity index (χ3v) is 4.43. The fourth-order valence-corrected chi connectivity index (χ4v) is 3.00. The van der Waals surface area contributed by atoms with Crippen molar-refractivity contribution >= 4 is 15.9 Å². The Morgan fingerprint density at radius 3 is 2.04 bits per heavy atom. The minimum atomic E-state index is -4.49. The monoisotopic (exact) mass is 402 g/mol. The molecule has 0 fully saturated rings. The molecule has 0 aromatic heterocycles. The summed E-state index contributed by atoms with van der Waals surface area (Å²) in [6, 6.07) is 8.12. The van der Waals surface area contributed by atoms with Crippen LogP contribution in [0.4, 0.5) is 13.2 Å². The molecule has 0 N–H and O–H groups in total. The molecule has 0 amide bonds. The summed E-state index contributed by atoms with van der Waals surface area (Å²) < 4.78 is 50.1. The molecule has 0 bridgehead atoms. The zero-order chi connectivity index (χ0) is 18.1. The first-order valence-electron chi connectivity index (χ1n) is 7.32. The van der Waals surface area contributed by atoms with Crippen molar-refractivity contribution in [3.8, 4) is 22.6 Å². The van der Waals surface area contributed by atoms with Crippen molar-refractivity contribution in [2.24, 2.45) is 0 Å². The number of benzene rings is 2. The molecule has 0 unspecified atom stereocenters. The van der Waals surface area contributed by atoms with Crippen LogP contribution in [-0.4, -0.2) is 14.2 Å². The molecule has 2 nitrogen and oxygen atoms in total. The number of hydrogen-bond donors (Lipinski definition) is 0. The van der Waals surface area contributed by atoms with Crippen LogP contribution in [0.2, 0.25) is 0 Å². The Hall–Kier alpha value is -1.69. The van der Waals surface area contributed by atoms with Crippen molar-refractivity contribution in [2.45, 2.75) is 25.9 Å². The molecule has 0 radical (unpaired) electrons. The number of alkyl halides is 3. The Labute approximate surface area is 147 Å². The first kappa shape index (κ1) is 18.6. The van der Waals surface area contributed by atoms with Gasteiger partial charge in [-0.3, -0.25) is 0 Å². The zero-order valence-electron chi connectivity index (χ0n) is 13.8. The lowest BCUT2D eigenvalue weighted by Gasteiger charge is -2.18. The smallest absolute Gasteiger partial charge is 0.420 e.